The first kappa shape index (κ1) is 8.91. The van der Waals surface area contributed by atoms with E-state index < -0.39 is 0 Å². The molecular formula is C10H14N2S. The normalized spacial score (nSPS) is 18.8. The summed E-state index contributed by atoms with van der Waals surface area (Å²) in [7, 11) is 0. The van der Waals surface area contributed by atoms with Crippen molar-refractivity contribution in [2.45, 2.75) is 18.8 Å². The van der Waals surface area contributed by atoms with Crippen LogP contribution in [0.4, 0.5) is 0 Å². The van der Waals surface area contributed by atoms with Crippen molar-refractivity contribution in [1.82, 2.24) is 10.3 Å². The van der Waals surface area contributed by atoms with Crippen molar-refractivity contribution in [2.75, 3.05) is 13.1 Å². The van der Waals surface area contributed by atoms with Crippen molar-refractivity contribution in [3.05, 3.63) is 22.7 Å². The number of hydrogen-bond donors (Lipinski definition) is 1. The maximum atomic E-state index is 4.53. The summed E-state index contributed by atoms with van der Waals surface area (Å²) >= 11 is 1.77. The Balaban J connectivity index is 2.09. The molecule has 1 aliphatic rings. The largest absolute Gasteiger partial charge is 0.317 e. The van der Waals surface area contributed by atoms with Crippen LogP contribution in [0.3, 0.4) is 0 Å². The second-order valence-electron chi connectivity index (χ2n) is 3.34. The maximum absolute atomic E-state index is 4.53. The third-order valence-corrected chi connectivity index (χ3v) is 3.46. The summed E-state index contributed by atoms with van der Waals surface area (Å²) in [6.07, 6.45) is 4.27. The Hall–Kier alpha value is -0.670. The van der Waals surface area contributed by atoms with Gasteiger partial charge in [0.1, 0.15) is 0 Å². The van der Waals surface area contributed by atoms with Crippen molar-refractivity contribution >= 4 is 17.4 Å². The molecule has 2 heterocycles. The molecule has 2 rings (SSSR count). The van der Waals surface area contributed by atoms with E-state index in [9.17, 15) is 0 Å². The summed E-state index contributed by atoms with van der Waals surface area (Å²) in [6, 6.07) is 0. The Labute approximate surface area is 82.7 Å². The molecule has 1 N–H and O–H groups in total. The average Bonchev–Trinajstić information content (AvgIpc) is 2.67. The van der Waals surface area contributed by atoms with Crippen LogP contribution in [0.5, 0.6) is 0 Å². The zero-order chi connectivity index (χ0) is 9.10. The van der Waals surface area contributed by atoms with E-state index in [1.165, 1.54) is 17.8 Å². The Bertz CT molecular complexity index is 287. The minimum Gasteiger partial charge on any atom is -0.317 e. The number of aromatic nitrogens is 1. The predicted octanol–water partition coefficient (Wildman–Crippen LogP) is 2.25. The van der Waals surface area contributed by atoms with Crippen molar-refractivity contribution in [3.63, 3.8) is 0 Å². The van der Waals surface area contributed by atoms with Crippen molar-refractivity contribution in [1.29, 1.82) is 0 Å². The Kier molecular flexibility index (Phi) is 2.76. The van der Waals surface area contributed by atoms with Crippen LogP contribution in [-0.4, -0.2) is 18.1 Å². The zero-order valence-electron chi connectivity index (χ0n) is 7.62. The molecular weight excluding hydrogens is 180 g/mol. The van der Waals surface area contributed by atoms with E-state index in [0.717, 1.165) is 18.8 Å². The lowest BCUT2D eigenvalue weighted by atomic mass is 9.99. The molecule has 70 valence electrons. The van der Waals surface area contributed by atoms with E-state index >= 15 is 0 Å². The lowest BCUT2D eigenvalue weighted by Crippen LogP contribution is -2.26. The van der Waals surface area contributed by atoms with Crippen LogP contribution in [0.2, 0.25) is 0 Å². The Morgan fingerprint density at radius 2 is 2.31 bits per heavy atom. The molecule has 0 spiro atoms. The number of rotatable bonds is 2. The number of nitrogens with one attached hydrogen (secondary N) is 1. The van der Waals surface area contributed by atoms with Crippen LogP contribution >= 0.6 is 11.3 Å². The molecule has 0 amide bonds. The first-order valence-electron chi connectivity index (χ1n) is 4.68. The van der Waals surface area contributed by atoms with Crippen molar-refractivity contribution in [3.8, 4) is 0 Å². The summed E-state index contributed by atoms with van der Waals surface area (Å²) in [5, 5.41) is 6.74. The molecule has 1 aromatic heterocycles. The second kappa shape index (κ2) is 4.03. The summed E-state index contributed by atoms with van der Waals surface area (Å²) in [6.45, 7) is 5.99. The molecule has 0 radical (unpaired) electrons. The van der Waals surface area contributed by atoms with Crippen LogP contribution in [0, 0.1) is 0 Å². The first-order valence-corrected chi connectivity index (χ1v) is 5.56. The molecule has 1 aliphatic heterocycles. The van der Waals surface area contributed by atoms with E-state index in [0.29, 0.717) is 5.92 Å². The molecule has 0 aromatic carbocycles. The number of nitrogens with zero attached hydrogens (tertiary/aromatic N) is 1. The van der Waals surface area contributed by atoms with Gasteiger partial charge in [0, 0.05) is 11.3 Å². The van der Waals surface area contributed by atoms with Crippen LogP contribution in [0.15, 0.2) is 12.0 Å². The third-order valence-electron chi connectivity index (χ3n) is 2.44. The topological polar surface area (TPSA) is 24.9 Å². The molecule has 0 bridgehead atoms. The van der Waals surface area contributed by atoms with Gasteiger partial charge in [-0.15, -0.1) is 11.3 Å². The predicted molar refractivity (Wildman–Crippen MR) is 57.0 cm³/mol. The minimum absolute atomic E-state index is 0.681. The summed E-state index contributed by atoms with van der Waals surface area (Å²) in [5.41, 5.74) is 1.03. The number of piperidine rings is 1. The van der Waals surface area contributed by atoms with Gasteiger partial charge in [0.2, 0.25) is 0 Å². The fraction of sp³-hybridized carbons (Fsp3) is 0.500. The Morgan fingerprint density at radius 3 is 2.92 bits per heavy atom. The molecule has 1 aromatic rings. The van der Waals surface area contributed by atoms with Gasteiger partial charge in [0.15, 0.2) is 0 Å². The fourth-order valence-electron chi connectivity index (χ4n) is 1.65. The van der Waals surface area contributed by atoms with Gasteiger partial charge < -0.3 is 5.32 Å². The summed E-state index contributed by atoms with van der Waals surface area (Å²) < 4.78 is 0. The van der Waals surface area contributed by atoms with Gasteiger partial charge in [-0.05, 0) is 32.0 Å². The van der Waals surface area contributed by atoms with Gasteiger partial charge in [-0.3, -0.25) is 0 Å². The van der Waals surface area contributed by atoms with E-state index in [1.807, 2.05) is 6.08 Å². The quantitative estimate of drug-likeness (QED) is 0.781. The van der Waals surface area contributed by atoms with Crippen molar-refractivity contribution < 1.29 is 0 Å². The van der Waals surface area contributed by atoms with Gasteiger partial charge in [-0.2, -0.15) is 0 Å². The van der Waals surface area contributed by atoms with E-state index in [2.05, 4.69) is 22.3 Å². The average molecular weight is 194 g/mol. The standard InChI is InChI=1S/C10H14N2S/c1-2-9-7-13-10(12-9)8-3-5-11-6-4-8/h2,7-8,11H,1,3-6H2. The van der Waals surface area contributed by atoms with E-state index in [1.54, 1.807) is 11.3 Å². The summed E-state index contributed by atoms with van der Waals surface area (Å²) in [4.78, 5) is 4.53. The van der Waals surface area contributed by atoms with Gasteiger partial charge in [0.25, 0.3) is 0 Å². The van der Waals surface area contributed by atoms with Crippen molar-refractivity contribution in [2.24, 2.45) is 0 Å². The van der Waals surface area contributed by atoms with E-state index in [4.69, 9.17) is 0 Å². The van der Waals surface area contributed by atoms with Gasteiger partial charge in [0.05, 0.1) is 10.7 Å². The molecule has 0 aliphatic carbocycles. The molecule has 0 atom stereocenters. The summed E-state index contributed by atoms with van der Waals surface area (Å²) in [5.74, 6) is 0.681. The van der Waals surface area contributed by atoms with Crippen LogP contribution in [0.25, 0.3) is 6.08 Å². The second-order valence-corrected chi connectivity index (χ2v) is 4.23. The molecule has 3 heteroatoms. The van der Waals surface area contributed by atoms with Crippen LogP contribution in [0.1, 0.15) is 29.5 Å². The molecule has 1 fully saturated rings. The molecule has 1 saturated heterocycles. The highest BCUT2D eigenvalue weighted by molar-refractivity contribution is 7.09. The minimum atomic E-state index is 0.681. The van der Waals surface area contributed by atoms with Crippen LogP contribution < -0.4 is 5.32 Å². The van der Waals surface area contributed by atoms with Crippen LogP contribution in [-0.2, 0) is 0 Å². The highest BCUT2D eigenvalue weighted by atomic mass is 32.1. The first-order chi connectivity index (χ1) is 6.40. The maximum Gasteiger partial charge on any atom is 0.0964 e. The number of thiazole rings is 1. The highest BCUT2D eigenvalue weighted by Gasteiger charge is 2.17. The third kappa shape index (κ3) is 1.98. The SMILES string of the molecule is C=Cc1csc(C2CCNCC2)n1. The smallest absolute Gasteiger partial charge is 0.0964 e. The fourth-order valence-corrected chi connectivity index (χ4v) is 2.63. The molecule has 0 unspecified atom stereocenters. The molecule has 13 heavy (non-hydrogen) atoms. The zero-order valence-corrected chi connectivity index (χ0v) is 8.44. The highest BCUT2D eigenvalue weighted by Crippen LogP contribution is 2.27. The number of hydrogen-bond acceptors (Lipinski definition) is 3. The lowest BCUT2D eigenvalue weighted by molar-refractivity contribution is 0.459. The molecule has 2 nitrogen and oxygen atoms in total. The lowest BCUT2D eigenvalue weighted by Gasteiger charge is -2.20. The molecule has 0 saturated carbocycles. The van der Waals surface area contributed by atoms with Gasteiger partial charge in [-0.25, -0.2) is 4.98 Å². The van der Waals surface area contributed by atoms with E-state index in [-0.39, 0.29) is 0 Å². The Morgan fingerprint density at radius 1 is 1.54 bits per heavy atom. The van der Waals surface area contributed by atoms with Gasteiger partial charge >= 0.3 is 0 Å². The van der Waals surface area contributed by atoms with Gasteiger partial charge in [-0.1, -0.05) is 6.58 Å². The monoisotopic (exact) mass is 194 g/mol.